The van der Waals surface area contributed by atoms with Crippen LogP contribution in [0.3, 0.4) is 0 Å². The third kappa shape index (κ3) is 4.25. The van der Waals surface area contributed by atoms with Gasteiger partial charge in [0, 0.05) is 0 Å². The lowest BCUT2D eigenvalue weighted by molar-refractivity contribution is -0.142. The molecule has 0 amide bonds. The second-order valence-corrected chi connectivity index (χ2v) is 6.87. The molecule has 0 aliphatic heterocycles. The Bertz CT molecular complexity index is 854. The van der Waals surface area contributed by atoms with Gasteiger partial charge in [0.15, 0.2) is 11.7 Å². The first-order valence-corrected chi connectivity index (χ1v) is 9.06. The van der Waals surface area contributed by atoms with Crippen LogP contribution in [0.2, 0.25) is 0 Å². The van der Waals surface area contributed by atoms with Gasteiger partial charge in [-0.05, 0) is 24.3 Å². The summed E-state index contributed by atoms with van der Waals surface area (Å²) in [6.07, 6.45) is -0.0388. The topological polar surface area (TPSA) is 93.1 Å². The van der Waals surface area contributed by atoms with E-state index in [1.165, 1.54) is 12.2 Å². The number of alkyl halides is 1. The van der Waals surface area contributed by atoms with Gasteiger partial charge in [-0.3, -0.25) is 0 Å². The van der Waals surface area contributed by atoms with E-state index in [-0.39, 0.29) is 5.56 Å². The van der Waals surface area contributed by atoms with Gasteiger partial charge in [-0.1, -0.05) is 48.6 Å². The van der Waals surface area contributed by atoms with Crippen LogP contribution in [0.1, 0.15) is 20.7 Å². The molecule has 0 radical (unpaired) electrons. The van der Waals surface area contributed by atoms with Crippen molar-refractivity contribution in [3.05, 3.63) is 83.9 Å². The first-order chi connectivity index (χ1) is 13.4. The van der Waals surface area contributed by atoms with Crippen molar-refractivity contribution in [1.82, 2.24) is 0 Å². The smallest absolute Gasteiger partial charge is 0.338 e. The molecular weight excluding hydrogens is 384 g/mol. The Labute approximate surface area is 167 Å². The number of esters is 2. The number of hydrogen-bond donors (Lipinski definition) is 2. The highest BCUT2D eigenvalue weighted by Crippen LogP contribution is 2.32. The normalized spacial score (nSPS) is 26.5. The molecule has 2 aromatic rings. The zero-order valence-corrected chi connectivity index (χ0v) is 15.5. The zero-order valence-electron chi connectivity index (χ0n) is 14.8. The van der Waals surface area contributed by atoms with Crippen LogP contribution in [0.25, 0.3) is 0 Å². The number of hydrogen-bond acceptors (Lipinski definition) is 6. The van der Waals surface area contributed by atoms with Gasteiger partial charge >= 0.3 is 11.9 Å². The number of rotatable bonds is 5. The van der Waals surface area contributed by atoms with Crippen LogP contribution in [0.4, 0.5) is 0 Å². The number of aliphatic hydroxyl groups is 2. The Balaban J connectivity index is 1.77. The molecular formula is C21H19ClO6. The fourth-order valence-corrected chi connectivity index (χ4v) is 3.13. The van der Waals surface area contributed by atoms with E-state index in [0.29, 0.717) is 5.56 Å². The van der Waals surface area contributed by atoms with Crippen molar-refractivity contribution in [2.24, 2.45) is 0 Å². The van der Waals surface area contributed by atoms with Crippen LogP contribution in [-0.2, 0) is 9.47 Å². The van der Waals surface area contributed by atoms with Gasteiger partial charge in [0.25, 0.3) is 0 Å². The summed E-state index contributed by atoms with van der Waals surface area (Å²) >= 11 is 6.21. The number of benzene rings is 2. The average Bonchev–Trinajstić information content (AvgIpc) is 2.73. The summed E-state index contributed by atoms with van der Waals surface area (Å²) < 4.78 is 10.5. The molecule has 1 aliphatic rings. The van der Waals surface area contributed by atoms with Gasteiger partial charge in [0.05, 0.1) is 16.5 Å². The minimum atomic E-state index is -2.01. The summed E-state index contributed by atoms with van der Waals surface area (Å²) in [6, 6.07) is 16.4. The molecule has 0 bridgehead atoms. The van der Waals surface area contributed by atoms with Crippen molar-refractivity contribution in [3.63, 3.8) is 0 Å². The van der Waals surface area contributed by atoms with Crippen LogP contribution < -0.4 is 0 Å². The second kappa shape index (κ2) is 8.56. The Morgan fingerprint density at radius 2 is 1.46 bits per heavy atom. The number of ether oxygens (including phenoxy) is 2. The standard InChI is InChI=1S/C21H19ClO6/c22-17-12-11-16(23)18(28-20(25)15-9-5-2-6-10-15)21(17,26)13-27-19(24)14-7-3-1-4-8-14/h1-12,16-18,23,26H,13H2/t16-,17-,18+,21+/m1/s1. The van der Waals surface area contributed by atoms with E-state index >= 15 is 0 Å². The molecule has 0 saturated heterocycles. The Hall–Kier alpha value is -2.67. The van der Waals surface area contributed by atoms with Crippen molar-refractivity contribution in [2.45, 2.75) is 23.2 Å². The molecule has 0 heterocycles. The van der Waals surface area contributed by atoms with E-state index in [0.717, 1.165) is 0 Å². The summed E-state index contributed by atoms with van der Waals surface area (Å²) in [5, 5.41) is 20.3. The van der Waals surface area contributed by atoms with Gasteiger partial charge in [-0.2, -0.15) is 0 Å². The third-order valence-corrected chi connectivity index (χ3v) is 4.97. The first-order valence-electron chi connectivity index (χ1n) is 8.63. The van der Waals surface area contributed by atoms with Crippen molar-refractivity contribution in [1.29, 1.82) is 0 Å². The van der Waals surface area contributed by atoms with Crippen LogP contribution >= 0.6 is 11.6 Å². The molecule has 1 aliphatic carbocycles. The maximum atomic E-state index is 12.4. The average molecular weight is 403 g/mol. The van der Waals surface area contributed by atoms with E-state index in [9.17, 15) is 19.8 Å². The van der Waals surface area contributed by atoms with Crippen molar-refractivity contribution >= 4 is 23.5 Å². The highest BCUT2D eigenvalue weighted by Gasteiger charge is 2.51. The van der Waals surface area contributed by atoms with Gasteiger partial charge < -0.3 is 19.7 Å². The predicted octanol–water partition coefficient (Wildman–Crippen LogP) is 2.34. The van der Waals surface area contributed by atoms with Crippen LogP contribution in [0, 0.1) is 0 Å². The Morgan fingerprint density at radius 3 is 2.04 bits per heavy atom. The Kier molecular flexibility index (Phi) is 6.14. The van der Waals surface area contributed by atoms with E-state index in [4.69, 9.17) is 21.1 Å². The molecule has 28 heavy (non-hydrogen) atoms. The first kappa shape index (κ1) is 20.1. The van der Waals surface area contributed by atoms with Crippen molar-refractivity contribution in [2.75, 3.05) is 6.61 Å². The number of carbonyl (C=O) groups is 2. The highest BCUT2D eigenvalue weighted by atomic mass is 35.5. The molecule has 146 valence electrons. The van der Waals surface area contributed by atoms with Gasteiger partial charge in [0.2, 0.25) is 0 Å². The molecule has 2 N–H and O–H groups in total. The lowest BCUT2D eigenvalue weighted by atomic mass is 9.84. The Morgan fingerprint density at radius 1 is 0.929 bits per heavy atom. The number of aliphatic hydroxyl groups excluding tert-OH is 1. The molecule has 0 spiro atoms. The van der Waals surface area contributed by atoms with Crippen molar-refractivity contribution < 1.29 is 29.3 Å². The molecule has 3 rings (SSSR count). The molecule has 2 aromatic carbocycles. The minimum Gasteiger partial charge on any atom is -0.459 e. The predicted molar refractivity (Wildman–Crippen MR) is 102 cm³/mol. The van der Waals surface area contributed by atoms with Gasteiger partial charge in [-0.15, -0.1) is 11.6 Å². The molecule has 0 saturated carbocycles. The van der Waals surface area contributed by atoms with Crippen molar-refractivity contribution in [3.8, 4) is 0 Å². The van der Waals surface area contributed by atoms with Crippen LogP contribution in [0.5, 0.6) is 0 Å². The highest BCUT2D eigenvalue weighted by molar-refractivity contribution is 6.22. The summed E-state index contributed by atoms with van der Waals surface area (Å²) in [5.74, 6) is -1.41. The van der Waals surface area contributed by atoms with Gasteiger partial charge in [-0.25, -0.2) is 9.59 Å². The molecule has 0 unspecified atom stereocenters. The summed E-state index contributed by atoms with van der Waals surface area (Å²) in [7, 11) is 0. The maximum Gasteiger partial charge on any atom is 0.338 e. The van der Waals surface area contributed by atoms with E-state index in [1.807, 2.05) is 0 Å². The summed E-state index contributed by atoms with van der Waals surface area (Å²) in [6.45, 7) is -0.566. The maximum absolute atomic E-state index is 12.4. The number of carbonyl (C=O) groups excluding carboxylic acids is 2. The monoisotopic (exact) mass is 402 g/mol. The van der Waals surface area contributed by atoms with Crippen LogP contribution in [-0.4, -0.2) is 51.9 Å². The van der Waals surface area contributed by atoms with E-state index < -0.39 is 41.7 Å². The molecule has 4 atom stereocenters. The SMILES string of the molecule is O=C(OC[C@]1(O)[C@H](Cl)C=C[C@@H](O)[C@@H]1OC(=O)c1ccccc1)c1ccccc1. The third-order valence-electron chi connectivity index (χ3n) is 4.45. The second-order valence-electron chi connectivity index (χ2n) is 6.40. The summed E-state index contributed by atoms with van der Waals surface area (Å²) in [4.78, 5) is 24.6. The number of halogens is 1. The lowest BCUT2D eigenvalue weighted by Gasteiger charge is -2.41. The van der Waals surface area contributed by atoms with E-state index in [1.54, 1.807) is 60.7 Å². The zero-order chi connectivity index (χ0) is 20.1. The molecule has 0 fully saturated rings. The van der Waals surface area contributed by atoms with E-state index in [2.05, 4.69) is 0 Å². The quantitative estimate of drug-likeness (QED) is 0.453. The fraction of sp³-hybridized carbons (Fsp3) is 0.238. The van der Waals surface area contributed by atoms with Crippen LogP contribution in [0.15, 0.2) is 72.8 Å². The molecule has 7 heteroatoms. The lowest BCUT2D eigenvalue weighted by Crippen LogP contribution is -2.61. The van der Waals surface area contributed by atoms with Gasteiger partial charge in [0.1, 0.15) is 12.7 Å². The molecule has 6 nitrogen and oxygen atoms in total. The molecule has 0 aromatic heterocycles. The largest absolute Gasteiger partial charge is 0.459 e. The minimum absolute atomic E-state index is 0.249. The summed E-state index contributed by atoms with van der Waals surface area (Å²) in [5.41, 5.74) is -1.47. The fourth-order valence-electron chi connectivity index (χ4n) is 2.86.